The van der Waals surface area contributed by atoms with Gasteiger partial charge in [0.2, 0.25) is 0 Å². The Hall–Kier alpha value is -2.70. The van der Waals surface area contributed by atoms with E-state index >= 15 is 0 Å². The van der Waals surface area contributed by atoms with E-state index in [0.29, 0.717) is 17.5 Å². The SMILES string of the molecule is Fc1cccc(CNc2cncc(-c3cc(NCC4CCOCC4)ncc3Cl)c2)c1. The predicted octanol–water partition coefficient (Wildman–Crippen LogP) is 5.39. The van der Waals surface area contributed by atoms with Crippen LogP contribution in [0.5, 0.6) is 0 Å². The van der Waals surface area contributed by atoms with Crippen LogP contribution in [0.4, 0.5) is 15.9 Å². The van der Waals surface area contributed by atoms with E-state index in [0.717, 1.165) is 60.8 Å². The van der Waals surface area contributed by atoms with E-state index in [1.807, 2.05) is 18.2 Å². The van der Waals surface area contributed by atoms with Gasteiger partial charge in [-0.2, -0.15) is 0 Å². The van der Waals surface area contributed by atoms with E-state index < -0.39 is 0 Å². The van der Waals surface area contributed by atoms with Gasteiger partial charge in [0.25, 0.3) is 0 Å². The minimum Gasteiger partial charge on any atom is -0.381 e. The van der Waals surface area contributed by atoms with Gasteiger partial charge in [0, 0.05) is 56.0 Å². The monoisotopic (exact) mass is 426 g/mol. The Kier molecular flexibility index (Phi) is 6.77. The van der Waals surface area contributed by atoms with Gasteiger partial charge in [-0.25, -0.2) is 9.37 Å². The van der Waals surface area contributed by atoms with Crippen molar-refractivity contribution in [1.82, 2.24) is 9.97 Å². The summed E-state index contributed by atoms with van der Waals surface area (Å²) in [6.45, 7) is 3.02. The lowest BCUT2D eigenvalue weighted by atomic mass is 10.0. The van der Waals surface area contributed by atoms with E-state index in [2.05, 4.69) is 20.6 Å². The van der Waals surface area contributed by atoms with Gasteiger partial charge >= 0.3 is 0 Å². The molecule has 0 amide bonds. The van der Waals surface area contributed by atoms with E-state index in [-0.39, 0.29) is 5.82 Å². The van der Waals surface area contributed by atoms with E-state index in [9.17, 15) is 4.39 Å². The first-order chi connectivity index (χ1) is 14.7. The molecule has 30 heavy (non-hydrogen) atoms. The summed E-state index contributed by atoms with van der Waals surface area (Å²) in [5.74, 6) is 1.14. The number of aromatic nitrogens is 2. The van der Waals surface area contributed by atoms with Crippen molar-refractivity contribution in [2.75, 3.05) is 30.4 Å². The van der Waals surface area contributed by atoms with Crippen LogP contribution in [0.15, 0.2) is 55.0 Å². The van der Waals surface area contributed by atoms with Crippen LogP contribution in [0, 0.1) is 11.7 Å². The lowest BCUT2D eigenvalue weighted by Crippen LogP contribution is -2.22. The molecule has 0 spiro atoms. The molecule has 1 saturated heterocycles. The molecule has 1 aliphatic rings. The topological polar surface area (TPSA) is 59.1 Å². The van der Waals surface area contributed by atoms with Gasteiger partial charge in [0.05, 0.1) is 10.7 Å². The normalized spacial score (nSPS) is 14.5. The van der Waals surface area contributed by atoms with Crippen molar-refractivity contribution in [1.29, 1.82) is 0 Å². The predicted molar refractivity (Wildman–Crippen MR) is 118 cm³/mol. The fourth-order valence-electron chi connectivity index (χ4n) is 3.49. The Balaban J connectivity index is 1.45. The molecule has 0 unspecified atom stereocenters. The molecule has 1 fully saturated rings. The third-order valence-electron chi connectivity index (χ3n) is 5.20. The molecule has 2 N–H and O–H groups in total. The highest BCUT2D eigenvalue weighted by Gasteiger charge is 2.14. The molecule has 1 aliphatic heterocycles. The maximum absolute atomic E-state index is 13.4. The molecular weight excluding hydrogens is 403 g/mol. The minimum atomic E-state index is -0.245. The highest BCUT2D eigenvalue weighted by molar-refractivity contribution is 6.33. The molecule has 4 rings (SSSR count). The Labute approximate surface area is 180 Å². The summed E-state index contributed by atoms with van der Waals surface area (Å²) in [6, 6.07) is 10.5. The average molecular weight is 427 g/mol. The van der Waals surface area contributed by atoms with Gasteiger partial charge < -0.3 is 15.4 Å². The number of anilines is 2. The summed E-state index contributed by atoms with van der Waals surface area (Å²) in [5, 5.41) is 7.27. The van der Waals surface area contributed by atoms with E-state index in [1.165, 1.54) is 12.1 Å². The minimum absolute atomic E-state index is 0.245. The number of halogens is 2. The number of rotatable bonds is 7. The van der Waals surface area contributed by atoms with Gasteiger partial charge in [0.15, 0.2) is 0 Å². The number of hydrogen-bond acceptors (Lipinski definition) is 5. The van der Waals surface area contributed by atoms with Crippen LogP contribution in [0.1, 0.15) is 18.4 Å². The van der Waals surface area contributed by atoms with Gasteiger partial charge in [0.1, 0.15) is 11.6 Å². The summed E-state index contributed by atoms with van der Waals surface area (Å²) in [5.41, 5.74) is 3.45. The zero-order valence-corrected chi connectivity index (χ0v) is 17.3. The standard InChI is InChI=1S/C23H24ClFN4O/c24-22-15-29-23(28-11-16-4-6-30-7-5-16)10-21(22)18-9-20(14-26-13-18)27-12-17-2-1-3-19(25)8-17/h1-3,8-10,13-16,27H,4-7,11-12H2,(H,28,29). The fraction of sp³-hybridized carbons (Fsp3) is 0.304. The molecule has 0 atom stereocenters. The highest BCUT2D eigenvalue weighted by atomic mass is 35.5. The lowest BCUT2D eigenvalue weighted by Gasteiger charge is -2.22. The van der Waals surface area contributed by atoms with Crippen molar-refractivity contribution in [3.8, 4) is 11.1 Å². The Morgan fingerprint density at radius 2 is 1.93 bits per heavy atom. The zero-order valence-electron chi connectivity index (χ0n) is 16.6. The molecule has 0 saturated carbocycles. The van der Waals surface area contributed by atoms with Gasteiger partial charge in [-0.1, -0.05) is 23.7 Å². The third kappa shape index (κ3) is 5.46. The third-order valence-corrected chi connectivity index (χ3v) is 5.50. The second-order valence-corrected chi connectivity index (χ2v) is 7.84. The smallest absolute Gasteiger partial charge is 0.126 e. The van der Waals surface area contributed by atoms with Gasteiger partial charge in [-0.15, -0.1) is 0 Å². The van der Waals surface area contributed by atoms with E-state index in [4.69, 9.17) is 16.3 Å². The summed E-state index contributed by atoms with van der Waals surface area (Å²) >= 11 is 6.43. The van der Waals surface area contributed by atoms with Crippen molar-refractivity contribution in [3.63, 3.8) is 0 Å². The van der Waals surface area contributed by atoms with Crippen LogP contribution in [0.2, 0.25) is 5.02 Å². The number of nitrogens with one attached hydrogen (secondary N) is 2. The summed E-state index contributed by atoms with van der Waals surface area (Å²) < 4.78 is 18.8. The molecule has 1 aromatic carbocycles. The lowest BCUT2D eigenvalue weighted by molar-refractivity contribution is 0.0699. The van der Waals surface area contributed by atoms with Crippen molar-refractivity contribution in [3.05, 3.63) is 71.4 Å². The summed E-state index contributed by atoms with van der Waals surface area (Å²) in [4.78, 5) is 8.74. The quantitative estimate of drug-likeness (QED) is 0.530. The van der Waals surface area contributed by atoms with Gasteiger partial charge in [-0.05, 0) is 48.6 Å². The fourth-order valence-corrected chi connectivity index (χ4v) is 3.70. The second kappa shape index (κ2) is 9.87. The summed E-state index contributed by atoms with van der Waals surface area (Å²) in [7, 11) is 0. The Morgan fingerprint density at radius 3 is 2.77 bits per heavy atom. The van der Waals surface area contributed by atoms with Crippen LogP contribution in [0.3, 0.4) is 0 Å². The molecule has 3 heterocycles. The molecule has 0 radical (unpaired) electrons. The zero-order chi connectivity index (χ0) is 20.8. The number of ether oxygens (including phenoxy) is 1. The average Bonchev–Trinajstić information content (AvgIpc) is 2.78. The largest absolute Gasteiger partial charge is 0.381 e. The van der Waals surface area contributed by atoms with Crippen LogP contribution in [-0.2, 0) is 11.3 Å². The highest BCUT2D eigenvalue weighted by Crippen LogP contribution is 2.30. The van der Waals surface area contributed by atoms with Crippen molar-refractivity contribution in [2.24, 2.45) is 5.92 Å². The second-order valence-electron chi connectivity index (χ2n) is 7.43. The van der Waals surface area contributed by atoms with Crippen LogP contribution in [-0.4, -0.2) is 29.7 Å². The molecule has 5 nitrogen and oxygen atoms in total. The molecule has 7 heteroatoms. The van der Waals surface area contributed by atoms with Crippen molar-refractivity contribution >= 4 is 23.1 Å². The van der Waals surface area contributed by atoms with Crippen molar-refractivity contribution in [2.45, 2.75) is 19.4 Å². The first kappa shape index (κ1) is 20.6. The van der Waals surface area contributed by atoms with Crippen molar-refractivity contribution < 1.29 is 9.13 Å². The Bertz CT molecular complexity index is 994. The molecule has 0 bridgehead atoms. The maximum atomic E-state index is 13.4. The van der Waals surface area contributed by atoms with E-state index in [1.54, 1.807) is 24.7 Å². The molecule has 3 aromatic rings. The van der Waals surface area contributed by atoms with Crippen LogP contribution in [0.25, 0.3) is 11.1 Å². The Morgan fingerprint density at radius 1 is 1.07 bits per heavy atom. The first-order valence-corrected chi connectivity index (χ1v) is 10.5. The number of hydrogen-bond donors (Lipinski definition) is 2. The van der Waals surface area contributed by atoms with Crippen LogP contribution >= 0.6 is 11.6 Å². The first-order valence-electron chi connectivity index (χ1n) is 10.1. The summed E-state index contributed by atoms with van der Waals surface area (Å²) in [6.07, 6.45) is 7.31. The van der Waals surface area contributed by atoms with Gasteiger partial charge in [-0.3, -0.25) is 4.98 Å². The molecule has 156 valence electrons. The molecular formula is C23H24ClFN4O. The number of nitrogens with zero attached hydrogens (tertiary/aromatic N) is 2. The van der Waals surface area contributed by atoms with Crippen LogP contribution < -0.4 is 10.6 Å². The molecule has 2 aromatic heterocycles. The number of pyridine rings is 2. The number of benzene rings is 1. The molecule has 0 aliphatic carbocycles. The maximum Gasteiger partial charge on any atom is 0.126 e.